The molecule has 2 heterocycles. The van der Waals surface area contributed by atoms with Crippen molar-refractivity contribution in [3.05, 3.63) is 45.6 Å². The van der Waals surface area contributed by atoms with Crippen molar-refractivity contribution < 1.29 is 0 Å². The van der Waals surface area contributed by atoms with Gasteiger partial charge in [-0.2, -0.15) is 0 Å². The lowest BCUT2D eigenvalue weighted by atomic mass is 10.2. The molecule has 2 aromatic heterocycles. The summed E-state index contributed by atoms with van der Waals surface area (Å²) >= 11 is 1.69. The first-order chi connectivity index (χ1) is 8.81. The summed E-state index contributed by atoms with van der Waals surface area (Å²) in [4.78, 5) is 13.7. The number of thiophene rings is 1. The Morgan fingerprint density at radius 3 is 2.83 bits per heavy atom. The summed E-state index contributed by atoms with van der Waals surface area (Å²) in [6, 6.07) is 8.55. The quantitative estimate of drug-likeness (QED) is 0.917. The number of nitrogens with zero attached hydrogens (tertiary/aromatic N) is 1. The van der Waals surface area contributed by atoms with Crippen LogP contribution in [0.25, 0.3) is 10.6 Å². The van der Waals surface area contributed by atoms with E-state index >= 15 is 0 Å². The smallest absolute Gasteiger partial charge is 0.255 e. The second kappa shape index (κ2) is 4.71. The molecule has 0 saturated heterocycles. The second-order valence-corrected chi connectivity index (χ2v) is 5.61. The van der Waals surface area contributed by atoms with Crippen molar-refractivity contribution >= 4 is 11.3 Å². The molecule has 3 rings (SSSR count). The van der Waals surface area contributed by atoms with E-state index in [-0.39, 0.29) is 5.56 Å². The summed E-state index contributed by atoms with van der Waals surface area (Å²) in [6.45, 7) is 0.635. The fourth-order valence-corrected chi connectivity index (χ4v) is 2.99. The Kier molecular flexibility index (Phi) is 3.06. The zero-order valence-corrected chi connectivity index (χ0v) is 11.2. The molecule has 0 bridgehead atoms. The van der Waals surface area contributed by atoms with Crippen molar-refractivity contribution in [2.45, 2.75) is 25.4 Å². The van der Waals surface area contributed by atoms with E-state index in [0.29, 0.717) is 12.6 Å². The van der Waals surface area contributed by atoms with Gasteiger partial charge in [-0.1, -0.05) is 12.1 Å². The van der Waals surface area contributed by atoms with E-state index in [1.54, 1.807) is 11.3 Å². The normalized spacial score (nSPS) is 14.9. The first kappa shape index (κ1) is 11.7. The minimum atomic E-state index is 0.165. The van der Waals surface area contributed by atoms with Gasteiger partial charge in [0.25, 0.3) is 5.56 Å². The summed E-state index contributed by atoms with van der Waals surface area (Å²) in [7, 11) is 1.87. The van der Waals surface area contributed by atoms with Crippen LogP contribution in [-0.4, -0.2) is 11.6 Å². The monoisotopic (exact) mass is 260 g/mol. The molecule has 0 atom stereocenters. The minimum Gasteiger partial charge on any atom is -0.315 e. The summed E-state index contributed by atoms with van der Waals surface area (Å²) in [6.07, 6.45) is 2.25. The molecular formula is C14H16N2OS. The lowest BCUT2D eigenvalue weighted by molar-refractivity contribution is 0.692. The highest BCUT2D eigenvalue weighted by atomic mass is 32.1. The Morgan fingerprint density at radius 1 is 1.39 bits per heavy atom. The second-order valence-electron chi connectivity index (χ2n) is 4.66. The van der Waals surface area contributed by atoms with Gasteiger partial charge in [-0.15, -0.1) is 11.3 Å². The lowest BCUT2D eigenvalue weighted by Gasteiger charge is -2.12. The van der Waals surface area contributed by atoms with Crippen molar-refractivity contribution in [1.29, 1.82) is 0 Å². The summed E-state index contributed by atoms with van der Waals surface area (Å²) in [5, 5.41) is 5.11. The molecule has 1 aliphatic carbocycles. The molecule has 1 fully saturated rings. The fraction of sp³-hybridized carbons (Fsp3) is 0.357. The molecule has 1 aliphatic rings. The molecule has 18 heavy (non-hydrogen) atoms. The van der Waals surface area contributed by atoms with E-state index < -0.39 is 0 Å². The molecule has 4 heteroatoms. The summed E-state index contributed by atoms with van der Waals surface area (Å²) < 4.78 is 1.98. The molecule has 3 nitrogen and oxygen atoms in total. The van der Waals surface area contributed by atoms with Gasteiger partial charge in [-0.05, 0) is 37.4 Å². The molecule has 0 radical (unpaired) electrons. The topological polar surface area (TPSA) is 34.0 Å². The van der Waals surface area contributed by atoms with Crippen LogP contribution in [0.4, 0.5) is 0 Å². The number of pyridine rings is 1. The minimum absolute atomic E-state index is 0.165. The van der Waals surface area contributed by atoms with Gasteiger partial charge in [0.05, 0.1) is 10.6 Å². The van der Waals surface area contributed by atoms with Crippen LogP contribution in [0.1, 0.15) is 24.4 Å². The van der Waals surface area contributed by atoms with Crippen molar-refractivity contribution in [3.8, 4) is 10.6 Å². The molecule has 1 N–H and O–H groups in total. The van der Waals surface area contributed by atoms with Gasteiger partial charge in [0.2, 0.25) is 0 Å². The maximum absolute atomic E-state index is 12.5. The maximum atomic E-state index is 12.5. The molecule has 0 spiro atoms. The van der Waals surface area contributed by atoms with Crippen LogP contribution >= 0.6 is 11.3 Å². The number of aromatic nitrogens is 1. The van der Waals surface area contributed by atoms with E-state index in [2.05, 4.69) is 22.8 Å². The van der Waals surface area contributed by atoms with E-state index in [4.69, 9.17) is 0 Å². The predicted octanol–water partition coefficient (Wildman–Crippen LogP) is 2.63. The standard InChI is InChI=1S/C14H16N2OS/c1-15-9-10-4-7-12(13-3-2-8-18-13)16(14(10)17)11-5-6-11/h2-4,7-8,11,15H,5-6,9H2,1H3. The molecule has 0 aromatic carbocycles. The largest absolute Gasteiger partial charge is 0.315 e. The lowest BCUT2D eigenvalue weighted by Crippen LogP contribution is -2.26. The zero-order chi connectivity index (χ0) is 12.5. The fourth-order valence-electron chi connectivity index (χ4n) is 2.24. The molecule has 0 unspecified atom stereocenters. The van der Waals surface area contributed by atoms with Gasteiger partial charge in [-0.3, -0.25) is 4.79 Å². The van der Waals surface area contributed by atoms with Crippen LogP contribution in [0.2, 0.25) is 0 Å². The van der Waals surface area contributed by atoms with Crippen molar-refractivity contribution in [2.75, 3.05) is 7.05 Å². The van der Waals surface area contributed by atoms with Gasteiger partial charge in [0.1, 0.15) is 0 Å². The van der Waals surface area contributed by atoms with Crippen LogP contribution in [-0.2, 0) is 6.54 Å². The average molecular weight is 260 g/mol. The SMILES string of the molecule is CNCc1ccc(-c2cccs2)n(C2CC2)c1=O. The van der Waals surface area contributed by atoms with Crippen LogP contribution in [0.5, 0.6) is 0 Å². The van der Waals surface area contributed by atoms with Gasteiger partial charge in [-0.25, -0.2) is 0 Å². The third-order valence-electron chi connectivity index (χ3n) is 3.25. The van der Waals surface area contributed by atoms with Crippen molar-refractivity contribution in [2.24, 2.45) is 0 Å². The first-order valence-electron chi connectivity index (χ1n) is 6.24. The van der Waals surface area contributed by atoms with Crippen LogP contribution in [0.15, 0.2) is 34.4 Å². The number of nitrogens with one attached hydrogen (secondary N) is 1. The Labute approximate surface area is 110 Å². The Bertz CT molecular complexity index is 597. The van der Waals surface area contributed by atoms with E-state index in [9.17, 15) is 4.79 Å². The maximum Gasteiger partial charge on any atom is 0.255 e. The number of hydrogen-bond acceptors (Lipinski definition) is 3. The first-order valence-corrected chi connectivity index (χ1v) is 7.12. The van der Waals surface area contributed by atoms with Crippen LogP contribution in [0.3, 0.4) is 0 Å². The highest BCUT2D eigenvalue weighted by Gasteiger charge is 2.27. The average Bonchev–Trinajstić information content (AvgIpc) is 3.05. The Hall–Kier alpha value is -1.39. The molecule has 1 saturated carbocycles. The van der Waals surface area contributed by atoms with E-state index in [1.165, 1.54) is 4.88 Å². The van der Waals surface area contributed by atoms with Gasteiger partial charge >= 0.3 is 0 Å². The van der Waals surface area contributed by atoms with Gasteiger partial charge in [0, 0.05) is 18.2 Å². The summed E-state index contributed by atoms with van der Waals surface area (Å²) in [5.74, 6) is 0. The van der Waals surface area contributed by atoms with Gasteiger partial charge < -0.3 is 9.88 Å². The molecule has 94 valence electrons. The Morgan fingerprint density at radius 2 is 2.22 bits per heavy atom. The van der Waals surface area contributed by atoms with Crippen LogP contribution < -0.4 is 10.9 Å². The van der Waals surface area contributed by atoms with Gasteiger partial charge in [0.15, 0.2) is 0 Å². The highest BCUT2D eigenvalue weighted by Crippen LogP contribution is 2.38. The summed E-state index contributed by atoms with van der Waals surface area (Å²) in [5.41, 5.74) is 2.08. The van der Waals surface area contributed by atoms with Crippen LogP contribution in [0, 0.1) is 0 Å². The third kappa shape index (κ3) is 2.02. The van der Waals surface area contributed by atoms with Crippen molar-refractivity contribution in [1.82, 2.24) is 9.88 Å². The van der Waals surface area contributed by atoms with E-state index in [1.807, 2.05) is 23.7 Å². The molecule has 0 aliphatic heterocycles. The molecule has 0 amide bonds. The molecule has 2 aromatic rings. The zero-order valence-electron chi connectivity index (χ0n) is 10.3. The predicted molar refractivity (Wildman–Crippen MR) is 75.0 cm³/mol. The van der Waals surface area contributed by atoms with E-state index in [0.717, 1.165) is 24.1 Å². The number of rotatable bonds is 4. The molecular weight excluding hydrogens is 244 g/mol. The van der Waals surface area contributed by atoms with Crippen molar-refractivity contribution in [3.63, 3.8) is 0 Å². The third-order valence-corrected chi connectivity index (χ3v) is 4.14. The number of hydrogen-bond donors (Lipinski definition) is 1. The Balaban J connectivity index is 2.15. The highest BCUT2D eigenvalue weighted by molar-refractivity contribution is 7.13.